The maximum absolute atomic E-state index is 12.0. The highest BCUT2D eigenvalue weighted by molar-refractivity contribution is 6.35. The normalized spacial score (nSPS) is 10.3. The van der Waals surface area contributed by atoms with Crippen LogP contribution in [0.3, 0.4) is 0 Å². The van der Waals surface area contributed by atoms with Crippen molar-refractivity contribution in [3.8, 4) is 0 Å². The summed E-state index contributed by atoms with van der Waals surface area (Å²) in [5.41, 5.74) is 1.79. The highest BCUT2D eigenvalue weighted by Crippen LogP contribution is 2.25. The van der Waals surface area contributed by atoms with E-state index < -0.39 is 0 Å². The number of unbranched alkanes of at least 4 members (excludes halogenated alkanes) is 1. The third kappa shape index (κ3) is 6.24. The molecule has 0 heterocycles. The standard InChI is InChI=1S/C19H21Cl2N3O2/c1-2-3-10-22-19(26)13-4-7-15(8-5-13)23-12-18(25)24-17-11-14(20)6-9-16(17)21/h4-9,11,23H,2-3,10,12H2,1H3,(H,22,26)(H,24,25). The number of hydrogen-bond acceptors (Lipinski definition) is 3. The highest BCUT2D eigenvalue weighted by Gasteiger charge is 2.08. The molecule has 26 heavy (non-hydrogen) atoms. The van der Waals surface area contributed by atoms with Crippen molar-refractivity contribution >= 4 is 46.4 Å². The van der Waals surface area contributed by atoms with Gasteiger partial charge in [0.2, 0.25) is 5.91 Å². The molecule has 0 aliphatic rings. The molecule has 0 aliphatic carbocycles. The molecule has 0 bridgehead atoms. The van der Waals surface area contributed by atoms with Crippen molar-refractivity contribution in [2.24, 2.45) is 0 Å². The van der Waals surface area contributed by atoms with Crippen molar-refractivity contribution in [2.45, 2.75) is 19.8 Å². The molecule has 138 valence electrons. The summed E-state index contributed by atoms with van der Waals surface area (Å²) in [5.74, 6) is -0.353. The van der Waals surface area contributed by atoms with E-state index in [-0.39, 0.29) is 18.4 Å². The molecule has 2 rings (SSSR count). The second-order valence-corrected chi connectivity index (χ2v) is 6.56. The molecule has 2 amide bonds. The number of carbonyl (C=O) groups is 2. The Morgan fingerprint density at radius 3 is 2.46 bits per heavy atom. The zero-order chi connectivity index (χ0) is 18.9. The molecule has 2 aromatic rings. The maximum atomic E-state index is 12.0. The van der Waals surface area contributed by atoms with Crippen LogP contribution in [-0.2, 0) is 4.79 Å². The van der Waals surface area contributed by atoms with Gasteiger partial charge in [0.25, 0.3) is 5.91 Å². The van der Waals surface area contributed by atoms with E-state index in [0.717, 1.165) is 18.5 Å². The topological polar surface area (TPSA) is 70.2 Å². The van der Waals surface area contributed by atoms with Crippen LogP contribution in [0, 0.1) is 0 Å². The van der Waals surface area contributed by atoms with Crippen LogP contribution in [0.25, 0.3) is 0 Å². The summed E-state index contributed by atoms with van der Waals surface area (Å²) in [4.78, 5) is 24.0. The Balaban J connectivity index is 1.84. The lowest BCUT2D eigenvalue weighted by molar-refractivity contribution is -0.114. The Morgan fingerprint density at radius 2 is 1.77 bits per heavy atom. The fourth-order valence-electron chi connectivity index (χ4n) is 2.19. The van der Waals surface area contributed by atoms with E-state index in [4.69, 9.17) is 23.2 Å². The summed E-state index contributed by atoms with van der Waals surface area (Å²) >= 11 is 11.9. The van der Waals surface area contributed by atoms with Crippen LogP contribution in [0.5, 0.6) is 0 Å². The second kappa shape index (κ2) is 10.0. The molecular formula is C19H21Cl2N3O2. The van der Waals surface area contributed by atoms with Crippen LogP contribution < -0.4 is 16.0 Å². The van der Waals surface area contributed by atoms with Crippen LogP contribution in [0.2, 0.25) is 10.0 Å². The molecule has 5 nitrogen and oxygen atoms in total. The minimum absolute atomic E-state index is 0.0604. The zero-order valence-corrected chi connectivity index (χ0v) is 16.0. The van der Waals surface area contributed by atoms with Gasteiger partial charge in [-0.15, -0.1) is 0 Å². The second-order valence-electron chi connectivity index (χ2n) is 5.71. The summed E-state index contributed by atoms with van der Waals surface area (Å²) in [6.45, 7) is 2.80. The minimum atomic E-state index is -0.254. The smallest absolute Gasteiger partial charge is 0.251 e. The van der Waals surface area contributed by atoms with E-state index >= 15 is 0 Å². The van der Waals surface area contributed by atoms with E-state index in [1.165, 1.54) is 0 Å². The van der Waals surface area contributed by atoms with Gasteiger partial charge < -0.3 is 16.0 Å². The van der Waals surface area contributed by atoms with Gasteiger partial charge in [0.15, 0.2) is 0 Å². The largest absolute Gasteiger partial charge is 0.376 e. The van der Waals surface area contributed by atoms with Gasteiger partial charge in [0.1, 0.15) is 0 Å². The Kier molecular flexibility index (Phi) is 7.75. The first kappa shape index (κ1) is 20.1. The van der Waals surface area contributed by atoms with Gasteiger partial charge in [-0.2, -0.15) is 0 Å². The van der Waals surface area contributed by atoms with Crippen LogP contribution in [-0.4, -0.2) is 24.9 Å². The summed E-state index contributed by atoms with van der Waals surface area (Å²) in [6.07, 6.45) is 1.99. The summed E-state index contributed by atoms with van der Waals surface area (Å²) in [5, 5.41) is 9.46. The molecule has 0 saturated carbocycles. The average Bonchev–Trinajstić information content (AvgIpc) is 2.63. The van der Waals surface area contributed by atoms with E-state index in [0.29, 0.717) is 27.8 Å². The number of amides is 2. The number of carbonyl (C=O) groups excluding carboxylic acids is 2. The monoisotopic (exact) mass is 393 g/mol. The molecule has 7 heteroatoms. The molecule has 0 aliphatic heterocycles. The van der Waals surface area contributed by atoms with Crippen LogP contribution in [0.15, 0.2) is 42.5 Å². The lowest BCUT2D eigenvalue weighted by atomic mass is 10.2. The van der Waals surface area contributed by atoms with E-state index in [1.54, 1.807) is 42.5 Å². The number of halogens is 2. The first-order valence-electron chi connectivity index (χ1n) is 8.36. The van der Waals surface area contributed by atoms with Crippen molar-refractivity contribution < 1.29 is 9.59 Å². The Hall–Kier alpha value is -2.24. The highest BCUT2D eigenvalue weighted by atomic mass is 35.5. The fraction of sp³-hybridized carbons (Fsp3) is 0.263. The number of hydrogen-bond donors (Lipinski definition) is 3. The van der Waals surface area contributed by atoms with Crippen molar-refractivity contribution in [3.63, 3.8) is 0 Å². The molecule has 0 fully saturated rings. The molecule has 0 atom stereocenters. The molecule has 2 aromatic carbocycles. The van der Waals surface area contributed by atoms with E-state index in [2.05, 4.69) is 22.9 Å². The molecular weight excluding hydrogens is 373 g/mol. The first-order chi connectivity index (χ1) is 12.5. The Morgan fingerprint density at radius 1 is 1.04 bits per heavy atom. The van der Waals surface area contributed by atoms with Gasteiger partial charge in [0, 0.05) is 22.8 Å². The Labute approximate surface area is 163 Å². The lowest BCUT2D eigenvalue weighted by Gasteiger charge is -2.10. The average molecular weight is 394 g/mol. The van der Waals surface area contributed by atoms with Gasteiger partial charge >= 0.3 is 0 Å². The summed E-state index contributed by atoms with van der Waals surface area (Å²) in [7, 11) is 0. The predicted molar refractivity (Wildman–Crippen MR) is 107 cm³/mol. The maximum Gasteiger partial charge on any atom is 0.251 e. The van der Waals surface area contributed by atoms with Crippen molar-refractivity contribution in [2.75, 3.05) is 23.7 Å². The van der Waals surface area contributed by atoms with Crippen LogP contribution in [0.1, 0.15) is 30.1 Å². The molecule has 0 spiro atoms. The van der Waals surface area contributed by atoms with Gasteiger partial charge in [0.05, 0.1) is 17.3 Å². The van der Waals surface area contributed by atoms with E-state index in [1.807, 2.05) is 0 Å². The molecule has 3 N–H and O–H groups in total. The predicted octanol–water partition coefficient (Wildman–Crippen LogP) is 4.57. The number of benzene rings is 2. The minimum Gasteiger partial charge on any atom is -0.376 e. The van der Waals surface area contributed by atoms with Gasteiger partial charge in [-0.1, -0.05) is 36.5 Å². The zero-order valence-electron chi connectivity index (χ0n) is 14.4. The summed E-state index contributed by atoms with van der Waals surface area (Å²) in [6, 6.07) is 11.8. The lowest BCUT2D eigenvalue weighted by Crippen LogP contribution is -2.24. The molecule has 0 unspecified atom stereocenters. The van der Waals surface area contributed by atoms with Crippen molar-refractivity contribution in [1.82, 2.24) is 5.32 Å². The molecule has 0 aromatic heterocycles. The third-order valence-corrected chi connectivity index (χ3v) is 4.18. The SMILES string of the molecule is CCCCNC(=O)c1ccc(NCC(=O)Nc2cc(Cl)ccc2Cl)cc1. The molecule has 0 radical (unpaired) electrons. The van der Waals surface area contributed by atoms with E-state index in [9.17, 15) is 9.59 Å². The van der Waals surface area contributed by atoms with Gasteiger partial charge in [-0.25, -0.2) is 0 Å². The van der Waals surface area contributed by atoms with Crippen LogP contribution >= 0.6 is 23.2 Å². The number of anilines is 2. The van der Waals surface area contributed by atoms with Crippen molar-refractivity contribution in [1.29, 1.82) is 0 Å². The quantitative estimate of drug-likeness (QED) is 0.575. The third-order valence-electron chi connectivity index (χ3n) is 3.62. The van der Waals surface area contributed by atoms with Crippen molar-refractivity contribution in [3.05, 3.63) is 58.1 Å². The number of rotatable bonds is 8. The molecule has 0 saturated heterocycles. The Bertz CT molecular complexity index is 764. The first-order valence-corrected chi connectivity index (χ1v) is 9.12. The number of nitrogens with one attached hydrogen (secondary N) is 3. The van der Waals surface area contributed by atoms with Gasteiger partial charge in [-0.3, -0.25) is 9.59 Å². The summed E-state index contributed by atoms with van der Waals surface area (Å²) < 4.78 is 0. The van der Waals surface area contributed by atoms with Crippen LogP contribution in [0.4, 0.5) is 11.4 Å². The van der Waals surface area contributed by atoms with Gasteiger partial charge in [-0.05, 0) is 48.9 Å². The fourth-order valence-corrected chi connectivity index (χ4v) is 2.53.